The number of hydrogen-bond acceptors (Lipinski definition) is 2. The second kappa shape index (κ2) is 5.43. The van der Waals surface area contributed by atoms with Gasteiger partial charge < -0.3 is 5.73 Å². The number of aromatic nitrogens is 2. The van der Waals surface area contributed by atoms with Gasteiger partial charge in [-0.15, -0.1) is 0 Å². The number of nitrogens with zero attached hydrogens (tertiary/aromatic N) is 2. The lowest BCUT2D eigenvalue weighted by atomic mass is 9.65. The molecule has 3 heteroatoms. The summed E-state index contributed by atoms with van der Waals surface area (Å²) in [6.45, 7) is 7.90. The first-order valence-electron chi connectivity index (χ1n) is 7.32. The fourth-order valence-corrected chi connectivity index (χ4v) is 3.32. The predicted molar refractivity (Wildman–Crippen MR) is 75.2 cm³/mol. The van der Waals surface area contributed by atoms with Crippen molar-refractivity contribution in [3.05, 3.63) is 18.0 Å². The van der Waals surface area contributed by atoms with Crippen molar-refractivity contribution in [3.8, 4) is 0 Å². The summed E-state index contributed by atoms with van der Waals surface area (Å²) in [6, 6.07) is 0.144. The minimum absolute atomic E-state index is 0.144. The SMILES string of the molecule is CCCn1cc(C(N)C2CCCCC2(C)C)cn1. The Hall–Kier alpha value is -0.830. The van der Waals surface area contributed by atoms with Crippen LogP contribution in [0.1, 0.15) is 64.5 Å². The zero-order chi connectivity index (χ0) is 13.2. The highest BCUT2D eigenvalue weighted by Gasteiger charge is 2.36. The van der Waals surface area contributed by atoms with Crippen molar-refractivity contribution in [1.82, 2.24) is 9.78 Å². The fourth-order valence-electron chi connectivity index (χ4n) is 3.32. The van der Waals surface area contributed by atoms with Gasteiger partial charge in [-0.2, -0.15) is 5.10 Å². The van der Waals surface area contributed by atoms with Crippen LogP contribution < -0.4 is 5.73 Å². The van der Waals surface area contributed by atoms with Crippen LogP contribution in [0.3, 0.4) is 0 Å². The largest absolute Gasteiger partial charge is 0.324 e. The summed E-state index contributed by atoms with van der Waals surface area (Å²) < 4.78 is 2.02. The highest BCUT2D eigenvalue weighted by molar-refractivity contribution is 5.13. The van der Waals surface area contributed by atoms with Gasteiger partial charge in [-0.3, -0.25) is 4.68 Å². The molecule has 18 heavy (non-hydrogen) atoms. The van der Waals surface area contributed by atoms with Crippen LogP contribution in [0.15, 0.2) is 12.4 Å². The molecule has 0 saturated heterocycles. The summed E-state index contributed by atoms with van der Waals surface area (Å²) >= 11 is 0. The van der Waals surface area contributed by atoms with Gasteiger partial charge in [0.05, 0.1) is 6.20 Å². The standard InChI is InChI=1S/C15H27N3/c1-4-9-18-11-12(10-17-18)14(16)13-7-5-6-8-15(13,2)3/h10-11,13-14H,4-9,16H2,1-3H3. The predicted octanol–water partition coefficient (Wildman–Crippen LogP) is 3.51. The molecule has 1 saturated carbocycles. The molecular weight excluding hydrogens is 222 g/mol. The number of aryl methyl sites for hydroxylation is 1. The smallest absolute Gasteiger partial charge is 0.0537 e. The summed E-state index contributed by atoms with van der Waals surface area (Å²) in [7, 11) is 0. The number of nitrogens with two attached hydrogens (primary N) is 1. The van der Waals surface area contributed by atoms with E-state index < -0.39 is 0 Å². The summed E-state index contributed by atoms with van der Waals surface area (Å²) in [5.41, 5.74) is 8.08. The second-order valence-corrected chi connectivity index (χ2v) is 6.40. The molecule has 2 unspecified atom stereocenters. The molecule has 2 N–H and O–H groups in total. The maximum absolute atomic E-state index is 6.50. The van der Waals surface area contributed by atoms with Crippen LogP contribution in [0.25, 0.3) is 0 Å². The summed E-state index contributed by atoms with van der Waals surface area (Å²) in [4.78, 5) is 0. The third-order valence-electron chi connectivity index (χ3n) is 4.51. The van der Waals surface area contributed by atoms with Crippen LogP contribution in [0.5, 0.6) is 0 Å². The van der Waals surface area contributed by atoms with E-state index in [1.54, 1.807) is 0 Å². The highest BCUT2D eigenvalue weighted by atomic mass is 15.3. The first-order chi connectivity index (χ1) is 8.54. The average Bonchev–Trinajstić information content (AvgIpc) is 2.77. The van der Waals surface area contributed by atoms with Crippen molar-refractivity contribution in [2.75, 3.05) is 0 Å². The molecule has 1 fully saturated rings. The van der Waals surface area contributed by atoms with E-state index in [-0.39, 0.29) is 6.04 Å². The monoisotopic (exact) mass is 249 g/mol. The molecule has 2 rings (SSSR count). The Morgan fingerprint density at radius 3 is 2.94 bits per heavy atom. The average molecular weight is 249 g/mol. The van der Waals surface area contributed by atoms with Gasteiger partial charge in [-0.1, -0.05) is 33.6 Å². The Bertz CT molecular complexity index is 381. The first-order valence-corrected chi connectivity index (χ1v) is 7.32. The molecule has 1 aromatic heterocycles. The molecule has 0 bridgehead atoms. The van der Waals surface area contributed by atoms with Crippen molar-refractivity contribution in [2.45, 2.75) is 65.5 Å². The third-order valence-corrected chi connectivity index (χ3v) is 4.51. The van der Waals surface area contributed by atoms with Crippen molar-refractivity contribution >= 4 is 0 Å². The molecule has 0 aliphatic heterocycles. The summed E-state index contributed by atoms with van der Waals surface area (Å²) in [6.07, 6.45) is 10.5. The summed E-state index contributed by atoms with van der Waals surface area (Å²) in [5.74, 6) is 0.588. The molecule has 1 aromatic rings. The molecule has 0 radical (unpaired) electrons. The molecule has 102 valence electrons. The van der Waals surface area contributed by atoms with Crippen molar-refractivity contribution in [3.63, 3.8) is 0 Å². The molecule has 0 aromatic carbocycles. The highest BCUT2D eigenvalue weighted by Crippen LogP contribution is 2.45. The molecular formula is C15H27N3. The lowest BCUT2D eigenvalue weighted by Crippen LogP contribution is -2.36. The van der Waals surface area contributed by atoms with Gasteiger partial charge in [-0.25, -0.2) is 0 Å². The van der Waals surface area contributed by atoms with Crippen molar-refractivity contribution in [1.29, 1.82) is 0 Å². The lowest BCUT2D eigenvalue weighted by molar-refractivity contribution is 0.112. The van der Waals surface area contributed by atoms with Gasteiger partial charge in [-0.05, 0) is 30.6 Å². The molecule has 1 heterocycles. The third kappa shape index (κ3) is 2.77. The van der Waals surface area contributed by atoms with E-state index in [0.717, 1.165) is 13.0 Å². The van der Waals surface area contributed by atoms with Crippen LogP contribution in [-0.4, -0.2) is 9.78 Å². The van der Waals surface area contributed by atoms with E-state index in [0.29, 0.717) is 11.3 Å². The Balaban J connectivity index is 2.11. The van der Waals surface area contributed by atoms with Crippen molar-refractivity contribution < 1.29 is 0 Å². The molecule has 0 spiro atoms. The minimum atomic E-state index is 0.144. The first kappa shape index (κ1) is 13.6. The Kier molecular flexibility index (Phi) is 4.10. The van der Waals surface area contributed by atoms with E-state index in [4.69, 9.17) is 5.73 Å². The van der Waals surface area contributed by atoms with Gasteiger partial charge in [0.2, 0.25) is 0 Å². The van der Waals surface area contributed by atoms with Gasteiger partial charge in [0.25, 0.3) is 0 Å². The maximum Gasteiger partial charge on any atom is 0.0537 e. The Morgan fingerprint density at radius 1 is 1.50 bits per heavy atom. The lowest BCUT2D eigenvalue weighted by Gasteiger charge is -2.41. The van der Waals surface area contributed by atoms with Gasteiger partial charge in [0, 0.05) is 24.3 Å². The van der Waals surface area contributed by atoms with Crippen LogP contribution in [0.4, 0.5) is 0 Å². The zero-order valence-electron chi connectivity index (χ0n) is 12.0. The zero-order valence-corrected chi connectivity index (χ0v) is 12.0. The van der Waals surface area contributed by atoms with Gasteiger partial charge in [0.1, 0.15) is 0 Å². The van der Waals surface area contributed by atoms with Crippen molar-refractivity contribution in [2.24, 2.45) is 17.1 Å². The van der Waals surface area contributed by atoms with E-state index in [1.807, 2.05) is 10.9 Å². The number of hydrogen-bond donors (Lipinski definition) is 1. The normalized spacial score (nSPS) is 25.0. The topological polar surface area (TPSA) is 43.8 Å². The minimum Gasteiger partial charge on any atom is -0.324 e. The maximum atomic E-state index is 6.50. The van der Waals surface area contributed by atoms with Gasteiger partial charge in [0.15, 0.2) is 0 Å². The van der Waals surface area contributed by atoms with Crippen LogP contribution in [0.2, 0.25) is 0 Å². The van der Waals surface area contributed by atoms with Crippen LogP contribution in [0, 0.1) is 11.3 Å². The Morgan fingerprint density at radius 2 is 2.28 bits per heavy atom. The molecule has 1 aliphatic carbocycles. The van der Waals surface area contributed by atoms with Crippen LogP contribution in [-0.2, 0) is 6.54 Å². The fraction of sp³-hybridized carbons (Fsp3) is 0.800. The Labute approximate surface area is 111 Å². The van der Waals surface area contributed by atoms with E-state index in [9.17, 15) is 0 Å². The van der Waals surface area contributed by atoms with Crippen LogP contribution >= 0.6 is 0 Å². The molecule has 1 aliphatic rings. The molecule has 3 nitrogen and oxygen atoms in total. The number of rotatable bonds is 4. The van der Waals surface area contributed by atoms with E-state index in [1.165, 1.54) is 31.2 Å². The van der Waals surface area contributed by atoms with E-state index >= 15 is 0 Å². The van der Waals surface area contributed by atoms with E-state index in [2.05, 4.69) is 32.1 Å². The molecule has 0 amide bonds. The second-order valence-electron chi connectivity index (χ2n) is 6.40. The molecule has 2 atom stereocenters. The quantitative estimate of drug-likeness (QED) is 0.887. The van der Waals surface area contributed by atoms with Gasteiger partial charge >= 0.3 is 0 Å². The summed E-state index contributed by atoms with van der Waals surface area (Å²) in [5, 5.41) is 4.41.